The van der Waals surface area contributed by atoms with E-state index < -0.39 is 16.2 Å². The van der Waals surface area contributed by atoms with Crippen LogP contribution < -0.4 is 9.44 Å². The summed E-state index contributed by atoms with van der Waals surface area (Å²) in [5.41, 5.74) is 0. The van der Waals surface area contributed by atoms with Crippen LogP contribution in [-0.2, 0) is 15.0 Å². The molecule has 0 aliphatic heterocycles. The van der Waals surface area contributed by atoms with Gasteiger partial charge in [-0.1, -0.05) is 0 Å². The van der Waals surface area contributed by atoms with Crippen LogP contribution in [0.1, 0.15) is 33.1 Å². The van der Waals surface area contributed by atoms with Gasteiger partial charge in [-0.3, -0.25) is 4.79 Å². The molecule has 0 aliphatic carbocycles. The van der Waals surface area contributed by atoms with Gasteiger partial charge in [-0.25, -0.2) is 4.72 Å². The van der Waals surface area contributed by atoms with Crippen LogP contribution in [0.2, 0.25) is 0 Å². The average molecular weight is 238 g/mol. The third kappa shape index (κ3) is 9.64. The van der Waals surface area contributed by atoms with Crippen molar-refractivity contribution in [1.82, 2.24) is 9.44 Å². The minimum atomic E-state index is -3.43. The van der Waals surface area contributed by atoms with Crippen molar-refractivity contribution in [3.63, 3.8) is 0 Å². The van der Waals surface area contributed by atoms with Crippen molar-refractivity contribution in [3.05, 3.63) is 0 Å². The maximum atomic E-state index is 11.2. The van der Waals surface area contributed by atoms with E-state index in [4.69, 9.17) is 5.11 Å². The lowest BCUT2D eigenvalue weighted by atomic mass is 10.2. The first-order chi connectivity index (χ1) is 6.83. The molecule has 6 nitrogen and oxygen atoms in total. The van der Waals surface area contributed by atoms with Crippen molar-refractivity contribution < 1.29 is 18.3 Å². The standard InChI is InChI=1S/C8H18N2O4S/c1-7(2)10-15(13,14)9-6-4-3-5-8(11)12/h7,9-10H,3-6H2,1-2H3,(H,11,12). The predicted molar refractivity (Wildman–Crippen MR) is 56.7 cm³/mol. The highest BCUT2D eigenvalue weighted by atomic mass is 32.2. The molecule has 0 aromatic carbocycles. The summed E-state index contributed by atoms with van der Waals surface area (Å²) < 4.78 is 27.1. The molecule has 0 unspecified atom stereocenters. The molecular formula is C8H18N2O4S. The molecule has 0 saturated heterocycles. The van der Waals surface area contributed by atoms with Crippen LogP contribution in [0.15, 0.2) is 0 Å². The summed E-state index contributed by atoms with van der Waals surface area (Å²) in [6.07, 6.45) is 1.06. The Labute approximate surface area is 90.2 Å². The molecule has 0 bridgehead atoms. The molecule has 0 heterocycles. The van der Waals surface area contributed by atoms with Crippen LogP contribution in [-0.4, -0.2) is 32.1 Å². The Balaban J connectivity index is 3.62. The van der Waals surface area contributed by atoms with Crippen molar-refractivity contribution in [2.24, 2.45) is 0 Å². The monoisotopic (exact) mass is 238 g/mol. The number of carboxylic acid groups (broad SMARTS) is 1. The molecule has 0 radical (unpaired) electrons. The van der Waals surface area contributed by atoms with Crippen LogP contribution in [0.4, 0.5) is 0 Å². The molecule has 0 aromatic heterocycles. The Morgan fingerprint density at radius 1 is 1.33 bits per heavy atom. The van der Waals surface area contributed by atoms with Crippen molar-refractivity contribution >= 4 is 16.2 Å². The van der Waals surface area contributed by atoms with Crippen LogP contribution in [0, 0.1) is 0 Å². The maximum absolute atomic E-state index is 11.2. The molecule has 0 aromatic rings. The molecular weight excluding hydrogens is 220 g/mol. The summed E-state index contributed by atoms with van der Waals surface area (Å²) >= 11 is 0. The second kappa shape index (κ2) is 6.76. The third-order valence-corrected chi connectivity index (χ3v) is 2.87. The van der Waals surface area contributed by atoms with Gasteiger partial charge in [-0.05, 0) is 26.7 Å². The topological polar surface area (TPSA) is 95.5 Å². The zero-order chi connectivity index (χ0) is 11.9. The van der Waals surface area contributed by atoms with Gasteiger partial charge in [0.05, 0.1) is 0 Å². The lowest BCUT2D eigenvalue weighted by Crippen LogP contribution is -2.40. The van der Waals surface area contributed by atoms with Crippen molar-refractivity contribution in [2.45, 2.75) is 39.2 Å². The van der Waals surface area contributed by atoms with Gasteiger partial charge in [-0.15, -0.1) is 0 Å². The van der Waals surface area contributed by atoms with Gasteiger partial charge < -0.3 is 5.11 Å². The maximum Gasteiger partial charge on any atom is 0.303 e. The second-order valence-electron chi connectivity index (χ2n) is 3.52. The van der Waals surface area contributed by atoms with Crippen LogP contribution in [0.25, 0.3) is 0 Å². The van der Waals surface area contributed by atoms with E-state index in [1.165, 1.54) is 0 Å². The Hall–Kier alpha value is -0.660. The Morgan fingerprint density at radius 2 is 1.93 bits per heavy atom. The number of nitrogens with one attached hydrogen (secondary N) is 2. The molecule has 7 heteroatoms. The first-order valence-corrected chi connectivity index (χ1v) is 6.30. The number of unbranched alkanes of at least 4 members (excludes halogenated alkanes) is 1. The van der Waals surface area contributed by atoms with Gasteiger partial charge in [0.25, 0.3) is 10.2 Å². The number of hydrogen-bond acceptors (Lipinski definition) is 3. The van der Waals surface area contributed by atoms with E-state index in [-0.39, 0.29) is 19.0 Å². The van der Waals surface area contributed by atoms with E-state index in [1.807, 2.05) is 0 Å². The SMILES string of the molecule is CC(C)NS(=O)(=O)NCCCCC(=O)O. The van der Waals surface area contributed by atoms with Crippen molar-refractivity contribution in [2.75, 3.05) is 6.54 Å². The first kappa shape index (κ1) is 14.3. The lowest BCUT2D eigenvalue weighted by molar-refractivity contribution is -0.137. The largest absolute Gasteiger partial charge is 0.481 e. The van der Waals surface area contributed by atoms with E-state index in [9.17, 15) is 13.2 Å². The van der Waals surface area contributed by atoms with E-state index >= 15 is 0 Å². The van der Waals surface area contributed by atoms with Gasteiger partial charge in [0.15, 0.2) is 0 Å². The summed E-state index contributed by atoms with van der Waals surface area (Å²) in [6, 6.07) is -0.151. The molecule has 0 saturated carbocycles. The molecule has 0 atom stereocenters. The fourth-order valence-electron chi connectivity index (χ4n) is 0.960. The molecule has 3 N–H and O–H groups in total. The number of carbonyl (C=O) groups is 1. The van der Waals surface area contributed by atoms with Gasteiger partial charge in [-0.2, -0.15) is 13.1 Å². The summed E-state index contributed by atoms with van der Waals surface area (Å²) in [5.74, 6) is -0.863. The molecule has 0 fully saturated rings. The highest BCUT2D eigenvalue weighted by Crippen LogP contribution is 1.94. The molecule has 0 rings (SSSR count). The van der Waals surface area contributed by atoms with E-state index in [0.29, 0.717) is 12.8 Å². The van der Waals surface area contributed by atoms with E-state index in [2.05, 4.69) is 9.44 Å². The van der Waals surface area contributed by atoms with Gasteiger partial charge in [0.2, 0.25) is 0 Å². The van der Waals surface area contributed by atoms with E-state index in [0.717, 1.165) is 0 Å². The zero-order valence-corrected chi connectivity index (χ0v) is 9.80. The smallest absolute Gasteiger partial charge is 0.303 e. The van der Waals surface area contributed by atoms with Crippen LogP contribution in [0.5, 0.6) is 0 Å². The number of aliphatic carboxylic acids is 1. The van der Waals surface area contributed by atoms with Gasteiger partial charge in [0, 0.05) is 19.0 Å². The third-order valence-electron chi connectivity index (χ3n) is 1.50. The quantitative estimate of drug-likeness (QED) is 0.522. The van der Waals surface area contributed by atoms with Gasteiger partial charge in [0.1, 0.15) is 0 Å². The minimum absolute atomic E-state index is 0.0688. The summed E-state index contributed by atoms with van der Waals surface area (Å²) in [4.78, 5) is 10.2. The molecule has 90 valence electrons. The number of rotatable bonds is 8. The Bertz CT molecular complexity index is 287. The summed E-state index contributed by atoms with van der Waals surface area (Å²) in [7, 11) is -3.43. The molecule has 0 aliphatic rings. The van der Waals surface area contributed by atoms with Crippen molar-refractivity contribution in [3.8, 4) is 0 Å². The number of hydrogen-bond donors (Lipinski definition) is 3. The molecule has 0 amide bonds. The normalized spacial score (nSPS) is 11.9. The Morgan fingerprint density at radius 3 is 2.40 bits per heavy atom. The fraction of sp³-hybridized carbons (Fsp3) is 0.875. The predicted octanol–water partition coefficient (Wildman–Crippen LogP) is 0.0737. The first-order valence-electron chi connectivity index (χ1n) is 4.82. The molecule has 15 heavy (non-hydrogen) atoms. The van der Waals surface area contributed by atoms with Crippen LogP contribution >= 0.6 is 0 Å². The fourth-order valence-corrected chi connectivity index (χ4v) is 2.08. The summed E-state index contributed by atoms with van der Waals surface area (Å²) in [6.45, 7) is 3.71. The Kier molecular flexibility index (Phi) is 6.46. The second-order valence-corrected chi connectivity index (χ2v) is 5.05. The molecule has 0 spiro atoms. The summed E-state index contributed by atoms with van der Waals surface area (Å²) in [5, 5.41) is 8.34. The average Bonchev–Trinajstić information content (AvgIpc) is 1.99. The van der Waals surface area contributed by atoms with Gasteiger partial charge >= 0.3 is 5.97 Å². The number of carboxylic acids is 1. The lowest BCUT2D eigenvalue weighted by Gasteiger charge is -2.09. The zero-order valence-electron chi connectivity index (χ0n) is 8.99. The minimum Gasteiger partial charge on any atom is -0.481 e. The highest BCUT2D eigenvalue weighted by Gasteiger charge is 2.09. The van der Waals surface area contributed by atoms with E-state index in [1.54, 1.807) is 13.8 Å². The van der Waals surface area contributed by atoms with Crippen LogP contribution in [0.3, 0.4) is 0 Å². The van der Waals surface area contributed by atoms with Crippen molar-refractivity contribution in [1.29, 1.82) is 0 Å². The highest BCUT2D eigenvalue weighted by molar-refractivity contribution is 7.87.